The third kappa shape index (κ3) is 4.54. The Hall–Kier alpha value is -0.910. The van der Waals surface area contributed by atoms with Crippen molar-refractivity contribution < 1.29 is 0 Å². The Morgan fingerprint density at radius 1 is 1.27 bits per heavy atom. The molecule has 0 spiro atoms. The molecule has 1 aliphatic heterocycles. The third-order valence-electron chi connectivity index (χ3n) is 4.70. The van der Waals surface area contributed by atoms with Crippen LogP contribution in [0.5, 0.6) is 0 Å². The summed E-state index contributed by atoms with van der Waals surface area (Å²) in [7, 11) is 0. The molecule has 126 valence electrons. The van der Waals surface area contributed by atoms with Gasteiger partial charge in [0.1, 0.15) is 0 Å². The van der Waals surface area contributed by atoms with Gasteiger partial charge in [0, 0.05) is 62.0 Å². The van der Waals surface area contributed by atoms with Crippen molar-refractivity contribution in [3.05, 3.63) is 17.5 Å². The molecule has 0 amide bonds. The van der Waals surface area contributed by atoms with E-state index in [1.165, 1.54) is 44.0 Å². The van der Waals surface area contributed by atoms with Gasteiger partial charge in [0.05, 0.1) is 6.20 Å². The van der Waals surface area contributed by atoms with Gasteiger partial charge in [-0.25, -0.2) is 0 Å². The molecule has 0 bridgehead atoms. The summed E-state index contributed by atoms with van der Waals surface area (Å²) in [4.78, 5) is 5.12. The molecule has 1 aromatic rings. The highest BCUT2D eigenvalue weighted by atomic mass is 15.3. The molecule has 5 heteroatoms. The van der Waals surface area contributed by atoms with Crippen molar-refractivity contribution in [1.82, 2.24) is 25.3 Å². The van der Waals surface area contributed by atoms with Crippen LogP contribution in [0.15, 0.2) is 6.20 Å². The smallest absolute Gasteiger partial charge is 0.0535 e. The number of nitrogens with one attached hydrogen (secondary N) is 2. The summed E-state index contributed by atoms with van der Waals surface area (Å²) >= 11 is 0. The minimum Gasteiger partial charge on any atom is -0.311 e. The fourth-order valence-electron chi connectivity index (χ4n) is 3.16. The van der Waals surface area contributed by atoms with E-state index >= 15 is 0 Å². The average Bonchev–Trinajstić information content (AvgIpc) is 2.96. The minimum absolute atomic E-state index is 0.121. The van der Waals surface area contributed by atoms with Crippen molar-refractivity contribution in [2.75, 3.05) is 39.3 Å². The first-order valence-electron chi connectivity index (χ1n) is 8.61. The first-order chi connectivity index (χ1) is 10.4. The van der Waals surface area contributed by atoms with Crippen molar-refractivity contribution in [2.24, 2.45) is 0 Å². The lowest BCUT2D eigenvalue weighted by Gasteiger charge is -2.37. The molecule has 1 fully saturated rings. The van der Waals surface area contributed by atoms with Crippen LogP contribution in [-0.2, 0) is 12.0 Å². The van der Waals surface area contributed by atoms with Crippen LogP contribution in [-0.4, -0.2) is 65.3 Å². The lowest BCUT2D eigenvalue weighted by Crippen LogP contribution is -2.51. The maximum absolute atomic E-state index is 4.21. The fourth-order valence-corrected chi connectivity index (χ4v) is 3.16. The minimum atomic E-state index is 0.121. The number of nitrogens with zero attached hydrogens (tertiary/aromatic N) is 3. The van der Waals surface area contributed by atoms with Gasteiger partial charge in [0.2, 0.25) is 0 Å². The Labute approximate surface area is 135 Å². The SMILES string of the molecule is CCN1CCN([C@@H](C)CNCc2cn[nH]c2C(C)(C)C)CC1. The van der Waals surface area contributed by atoms with Crippen molar-refractivity contribution in [3.8, 4) is 0 Å². The molecule has 0 saturated carbocycles. The molecule has 1 aliphatic rings. The van der Waals surface area contributed by atoms with E-state index in [4.69, 9.17) is 0 Å². The zero-order chi connectivity index (χ0) is 16.2. The summed E-state index contributed by atoms with van der Waals surface area (Å²) in [5, 5.41) is 11.0. The number of likely N-dealkylation sites (N-methyl/N-ethyl adjacent to an activating group) is 1. The molecule has 1 atom stereocenters. The fraction of sp³-hybridized carbons (Fsp3) is 0.824. The van der Waals surface area contributed by atoms with Crippen LogP contribution in [0.25, 0.3) is 0 Å². The van der Waals surface area contributed by atoms with Crippen LogP contribution in [0.2, 0.25) is 0 Å². The number of aromatic amines is 1. The van der Waals surface area contributed by atoms with E-state index in [1.807, 2.05) is 6.20 Å². The second-order valence-corrected chi connectivity index (χ2v) is 7.47. The van der Waals surface area contributed by atoms with Crippen LogP contribution < -0.4 is 5.32 Å². The van der Waals surface area contributed by atoms with E-state index in [1.54, 1.807) is 0 Å². The molecule has 1 aromatic heterocycles. The Kier molecular flexibility index (Phi) is 6.01. The lowest BCUT2D eigenvalue weighted by molar-refractivity contribution is 0.105. The highest BCUT2D eigenvalue weighted by Gasteiger charge is 2.21. The molecule has 0 aliphatic carbocycles. The number of H-pyrrole nitrogens is 1. The van der Waals surface area contributed by atoms with E-state index < -0.39 is 0 Å². The largest absolute Gasteiger partial charge is 0.311 e. The monoisotopic (exact) mass is 307 g/mol. The molecule has 22 heavy (non-hydrogen) atoms. The van der Waals surface area contributed by atoms with Crippen molar-refractivity contribution in [3.63, 3.8) is 0 Å². The van der Waals surface area contributed by atoms with E-state index in [9.17, 15) is 0 Å². The maximum atomic E-state index is 4.21. The van der Waals surface area contributed by atoms with Crippen LogP contribution >= 0.6 is 0 Å². The zero-order valence-electron chi connectivity index (χ0n) is 14.9. The van der Waals surface area contributed by atoms with Gasteiger partial charge in [-0.1, -0.05) is 27.7 Å². The van der Waals surface area contributed by atoms with E-state index in [0.29, 0.717) is 6.04 Å². The summed E-state index contributed by atoms with van der Waals surface area (Å²) in [5.74, 6) is 0. The van der Waals surface area contributed by atoms with Crippen LogP contribution in [0, 0.1) is 0 Å². The predicted octanol–water partition coefficient (Wildman–Crippen LogP) is 1.82. The second-order valence-electron chi connectivity index (χ2n) is 7.47. The molecule has 0 unspecified atom stereocenters. The maximum Gasteiger partial charge on any atom is 0.0535 e. The van der Waals surface area contributed by atoms with E-state index in [2.05, 4.69) is 59.9 Å². The van der Waals surface area contributed by atoms with E-state index in [-0.39, 0.29) is 5.41 Å². The first kappa shape index (κ1) is 17.4. The summed E-state index contributed by atoms with van der Waals surface area (Å²) in [5.41, 5.74) is 2.65. The van der Waals surface area contributed by atoms with Gasteiger partial charge < -0.3 is 10.2 Å². The van der Waals surface area contributed by atoms with Crippen molar-refractivity contribution in [2.45, 2.75) is 52.6 Å². The Morgan fingerprint density at radius 3 is 2.55 bits per heavy atom. The van der Waals surface area contributed by atoms with Gasteiger partial charge in [-0.15, -0.1) is 0 Å². The lowest BCUT2D eigenvalue weighted by atomic mass is 9.89. The number of rotatable bonds is 6. The van der Waals surface area contributed by atoms with Crippen LogP contribution in [0.1, 0.15) is 45.9 Å². The van der Waals surface area contributed by atoms with Gasteiger partial charge >= 0.3 is 0 Å². The molecule has 2 heterocycles. The Morgan fingerprint density at radius 2 is 1.95 bits per heavy atom. The normalized spacial score (nSPS) is 19.5. The number of hydrogen-bond donors (Lipinski definition) is 2. The van der Waals surface area contributed by atoms with Gasteiger partial charge in [-0.3, -0.25) is 10.00 Å². The Bertz CT molecular complexity index is 440. The van der Waals surface area contributed by atoms with Crippen molar-refractivity contribution >= 4 is 0 Å². The number of hydrogen-bond acceptors (Lipinski definition) is 4. The average molecular weight is 307 g/mol. The standard InChI is InChI=1S/C17H33N5/c1-6-21-7-9-22(10-8-21)14(2)11-18-12-15-13-19-20-16(15)17(3,4)5/h13-14,18H,6-12H2,1-5H3,(H,19,20)/t14-/m0/s1. The first-order valence-corrected chi connectivity index (χ1v) is 8.61. The second kappa shape index (κ2) is 7.57. The van der Waals surface area contributed by atoms with Gasteiger partial charge in [0.15, 0.2) is 0 Å². The molecular formula is C17H33N5. The molecule has 2 N–H and O–H groups in total. The van der Waals surface area contributed by atoms with Crippen molar-refractivity contribution in [1.29, 1.82) is 0 Å². The number of aromatic nitrogens is 2. The third-order valence-corrected chi connectivity index (χ3v) is 4.70. The van der Waals surface area contributed by atoms with E-state index in [0.717, 1.165) is 13.1 Å². The highest BCUT2D eigenvalue weighted by Crippen LogP contribution is 2.23. The molecular weight excluding hydrogens is 274 g/mol. The van der Waals surface area contributed by atoms with Gasteiger partial charge in [0.25, 0.3) is 0 Å². The highest BCUT2D eigenvalue weighted by molar-refractivity contribution is 5.23. The molecule has 0 radical (unpaired) electrons. The molecule has 5 nitrogen and oxygen atoms in total. The summed E-state index contributed by atoms with van der Waals surface area (Å²) in [6, 6.07) is 0.587. The zero-order valence-corrected chi connectivity index (χ0v) is 14.9. The summed E-state index contributed by atoms with van der Waals surface area (Å²) in [6.07, 6.45) is 1.96. The van der Waals surface area contributed by atoms with Crippen LogP contribution in [0.4, 0.5) is 0 Å². The van der Waals surface area contributed by atoms with Crippen LogP contribution in [0.3, 0.4) is 0 Å². The quantitative estimate of drug-likeness (QED) is 0.842. The summed E-state index contributed by atoms with van der Waals surface area (Å²) < 4.78 is 0. The predicted molar refractivity (Wildman–Crippen MR) is 92.1 cm³/mol. The van der Waals surface area contributed by atoms with Gasteiger partial charge in [-0.2, -0.15) is 5.10 Å². The molecule has 2 rings (SSSR count). The number of piperazine rings is 1. The molecule has 1 saturated heterocycles. The molecule has 0 aromatic carbocycles. The summed E-state index contributed by atoms with van der Waals surface area (Å²) in [6.45, 7) is 19.1. The van der Waals surface area contributed by atoms with Gasteiger partial charge in [-0.05, 0) is 13.5 Å². The Balaban J connectivity index is 1.76. The topological polar surface area (TPSA) is 47.2 Å².